The second kappa shape index (κ2) is 7.11. The van der Waals surface area contributed by atoms with Gasteiger partial charge >= 0.3 is 0 Å². The van der Waals surface area contributed by atoms with E-state index in [4.69, 9.17) is 0 Å². The number of anilines is 1. The number of carbonyl (C=O) groups is 1. The molecule has 1 aromatic rings. The van der Waals surface area contributed by atoms with Crippen LogP contribution in [0, 0.1) is 0 Å². The number of rotatable bonds is 3. The standard InChI is InChI=1S/C17H25N3O3S/c1-24(22,23)20-10-6-5-9-16(20)17(21)19-13-11-18(12-14-19)15-7-3-2-4-8-15/h2-4,7-8,16H,5-6,9-14H2,1H3/t16-/m1/s1. The third-order valence-electron chi connectivity index (χ3n) is 4.88. The van der Waals surface area contributed by atoms with E-state index in [0.29, 0.717) is 26.1 Å². The molecule has 1 aromatic carbocycles. The van der Waals surface area contributed by atoms with Crippen molar-refractivity contribution in [3.05, 3.63) is 30.3 Å². The molecular formula is C17H25N3O3S. The lowest BCUT2D eigenvalue weighted by atomic mass is 10.0. The minimum Gasteiger partial charge on any atom is -0.368 e. The van der Waals surface area contributed by atoms with Crippen molar-refractivity contribution < 1.29 is 13.2 Å². The lowest BCUT2D eigenvalue weighted by Gasteiger charge is -2.40. The molecule has 0 aromatic heterocycles. The summed E-state index contributed by atoms with van der Waals surface area (Å²) in [6.45, 7) is 3.30. The first-order valence-electron chi connectivity index (χ1n) is 8.52. The fourth-order valence-electron chi connectivity index (χ4n) is 3.58. The Bertz CT molecular complexity index is 670. The number of piperazine rings is 1. The Morgan fingerprint density at radius 3 is 2.29 bits per heavy atom. The fourth-order valence-corrected chi connectivity index (χ4v) is 4.70. The van der Waals surface area contributed by atoms with Crippen LogP contribution >= 0.6 is 0 Å². The maximum Gasteiger partial charge on any atom is 0.241 e. The normalized spacial score (nSPS) is 23.3. The fraction of sp³-hybridized carbons (Fsp3) is 0.588. The van der Waals surface area contributed by atoms with Gasteiger partial charge < -0.3 is 9.80 Å². The van der Waals surface area contributed by atoms with E-state index in [9.17, 15) is 13.2 Å². The highest BCUT2D eigenvalue weighted by molar-refractivity contribution is 7.88. The summed E-state index contributed by atoms with van der Waals surface area (Å²) < 4.78 is 25.3. The summed E-state index contributed by atoms with van der Waals surface area (Å²) >= 11 is 0. The minimum absolute atomic E-state index is 0.0344. The Morgan fingerprint density at radius 1 is 1.00 bits per heavy atom. The van der Waals surface area contributed by atoms with E-state index in [1.807, 2.05) is 23.1 Å². The Hall–Kier alpha value is -1.60. The van der Waals surface area contributed by atoms with E-state index in [2.05, 4.69) is 17.0 Å². The second-order valence-corrected chi connectivity index (χ2v) is 8.47. The molecule has 1 atom stereocenters. The molecule has 0 unspecified atom stereocenters. The summed E-state index contributed by atoms with van der Waals surface area (Å²) in [6, 6.07) is 9.65. The van der Waals surface area contributed by atoms with Crippen LogP contribution in [0.4, 0.5) is 5.69 Å². The molecule has 3 rings (SSSR count). The van der Waals surface area contributed by atoms with E-state index in [1.54, 1.807) is 0 Å². The largest absolute Gasteiger partial charge is 0.368 e. The summed E-state index contributed by atoms with van der Waals surface area (Å²) in [5.41, 5.74) is 1.17. The predicted molar refractivity (Wildman–Crippen MR) is 94.4 cm³/mol. The third kappa shape index (κ3) is 3.72. The van der Waals surface area contributed by atoms with Crippen molar-refractivity contribution in [2.24, 2.45) is 0 Å². The Labute approximate surface area is 144 Å². The van der Waals surface area contributed by atoms with Crippen LogP contribution in [0.15, 0.2) is 30.3 Å². The second-order valence-electron chi connectivity index (χ2n) is 6.53. The molecule has 0 spiro atoms. The van der Waals surface area contributed by atoms with Gasteiger partial charge in [0.2, 0.25) is 15.9 Å². The number of para-hydroxylation sites is 1. The van der Waals surface area contributed by atoms with Crippen LogP contribution in [0.2, 0.25) is 0 Å². The number of hydrogen-bond acceptors (Lipinski definition) is 4. The summed E-state index contributed by atoms with van der Waals surface area (Å²) in [4.78, 5) is 16.9. The molecular weight excluding hydrogens is 326 g/mol. The molecule has 0 aliphatic carbocycles. The first-order valence-corrected chi connectivity index (χ1v) is 10.4. The highest BCUT2D eigenvalue weighted by Crippen LogP contribution is 2.23. The molecule has 2 aliphatic heterocycles. The van der Waals surface area contributed by atoms with Gasteiger partial charge in [0.1, 0.15) is 6.04 Å². The number of hydrogen-bond donors (Lipinski definition) is 0. The Morgan fingerprint density at radius 2 is 1.67 bits per heavy atom. The van der Waals surface area contributed by atoms with Gasteiger partial charge in [-0.3, -0.25) is 4.79 Å². The SMILES string of the molecule is CS(=O)(=O)N1CCCC[C@@H]1C(=O)N1CCN(c2ccccc2)CC1. The van der Waals surface area contributed by atoms with Crippen molar-refractivity contribution in [3.63, 3.8) is 0 Å². The van der Waals surface area contributed by atoms with Gasteiger partial charge in [-0.05, 0) is 25.0 Å². The first-order chi connectivity index (χ1) is 11.5. The van der Waals surface area contributed by atoms with Crippen molar-refractivity contribution in [3.8, 4) is 0 Å². The van der Waals surface area contributed by atoms with E-state index in [-0.39, 0.29) is 5.91 Å². The average molecular weight is 351 g/mol. The van der Waals surface area contributed by atoms with Gasteiger partial charge in [0.05, 0.1) is 6.26 Å². The zero-order chi connectivity index (χ0) is 17.2. The van der Waals surface area contributed by atoms with Gasteiger partial charge in [-0.1, -0.05) is 24.6 Å². The number of benzene rings is 1. The van der Waals surface area contributed by atoms with Crippen molar-refractivity contribution >= 4 is 21.6 Å². The smallest absolute Gasteiger partial charge is 0.241 e. The molecule has 0 bridgehead atoms. The van der Waals surface area contributed by atoms with Crippen molar-refractivity contribution in [1.29, 1.82) is 0 Å². The lowest BCUT2D eigenvalue weighted by Crippen LogP contribution is -2.57. The molecule has 24 heavy (non-hydrogen) atoms. The van der Waals surface area contributed by atoms with Crippen LogP contribution in [0.25, 0.3) is 0 Å². The molecule has 0 N–H and O–H groups in total. The highest BCUT2D eigenvalue weighted by atomic mass is 32.2. The van der Waals surface area contributed by atoms with Crippen LogP contribution in [-0.4, -0.2) is 68.6 Å². The molecule has 0 radical (unpaired) electrons. The number of carbonyl (C=O) groups excluding carboxylic acids is 1. The molecule has 6 nitrogen and oxygen atoms in total. The van der Waals surface area contributed by atoms with Gasteiger partial charge in [-0.2, -0.15) is 4.31 Å². The van der Waals surface area contributed by atoms with E-state index in [0.717, 1.165) is 25.9 Å². The Balaban J connectivity index is 1.64. The minimum atomic E-state index is -3.34. The summed E-state index contributed by atoms with van der Waals surface area (Å²) in [6.07, 6.45) is 3.57. The van der Waals surface area contributed by atoms with Gasteiger partial charge in [0.15, 0.2) is 0 Å². The zero-order valence-electron chi connectivity index (χ0n) is 14.1. The van der Waals surface area contributed by atoms with Crippen LogP contribution in [0.1, 0.15) is 19.3 Å². The van der Waals surface area contributed by atoms with Crippen LogP contribution in [0.5, 0.6) is 0 Å². The summed E-state index contributed by atoms with van der Waals surface area (Å²) in [5, 5.41) is 0. The number of amides is 1. The number of nitrogens with zero attached hydrogens (tertiary/aromatic N) is 3. The maximum atomic E-state index is 12.9. The van der Waals surface area contributed by atoms with Gasteiger partial charge in [-0.15, -0.1) is 0 Å². The lowest BCUT2D eigenvalue weighted by molar-refractivity contribution is -0.136. The van der Waals surface area contributed by atoms with Crippen LogP contribution in [-0.2, 0) is 14.8 Å². The maximum absolute atomic E-state index is 12.9. The first kappa shape index (κ1) is 17.2. The average Bonchev–Trinajstić information content (AvgIpc) is 2.61. The molecule has 2 aliphatic rings. The van der Waals surface area contributed by atoms with Crippen LogP contribution < -0.4 is 4.90 Å². The van der Waals surface area contributed by atoms with Crippen molar-refractivity contribution in [2.45, 2.75) is 25.3 Å². The van der Waals surface area contributed by atoms with E-state index >= 15 is 0 Å². The summed E-state index contributed by atoms with van der Waals surface area (Å²) in [7, 11) is -3.34. The van der Waals surface area contributed by atoms with Gasteiger partial charge in [0, 0.05) is 38.4 Å². The zero-order valence-corrected chi connectivity index (χ0v) is 14.9. The molecule has 1 amide bonds. The molecule has 0 saturated carbocycles. The molecule has 2 heterocycles. The third-order valence-corrected chi connectivity index (χ3v) is 6.17. The van der Waals surface area contributed by atoms with Crippen LogP contribution in [0.3, 0.4) is 0 Å². The Kier molecular flexibility index (Phi) is 5.10. The molecule has 2 saturated heterocycles. The van der Waals surface area contributed by atoms with E-state index in [1.165, 1.54) is 16.2 Å². The van der Waals surface area contributed by atoms with Crippen molar-refractivity contribution in [2.75, 3.05) is 43.9 Å². The number of sulfonamides is 1. The van der Waals surface area contributed by atoms with E-state index < -0.39 is 16.1 Å². The molecule has 7 heteroatoms. The predicted octanol–water partition coefficient (Wildman–Crippen LogP) is 1.15. The monoisotopic (exact) mass is 351 g/mol. The summed E-state index contributed by atoms with van der Waals surface area (Å²) in [5.74, 6) is -0.0344. The molecule has 2 fully saturated rings. The topological polar surface area (TPSA) is 60.9 Å². The van der Waals surface area contributed by atoms with Gasteiger partial charge in [-0.25, -0.2) is 8.42 Å². The number of piperidine rings is 1. The van der Waals surface area contributed by atoms with Crippen molar-refractivity contribution in [1.82, 2.24) is 9.21 Å². The molecule has 132 valence electrons. The highest BCUT2D eigenvalue weighted by Gasteiger charge is 2.37. The van der Waals surface area contributed by atoms with Gasteiger partial charge in [0.25, 0.3) is 0 Å². The quantitative estimate of drug-likeness (QED) is 0.820.